The van der Waals surface area contributed by atoms with Crippen LogP contribution in [0.15, 0.2) is 47.6 Å². The van der Waals surface area contributed by atoms with Crippen LogP contribution in [0.3, 0.4) is 0 Å². The quantitative estimate of drug-likeness (QED) is 0.782. The Balaban J connectivity index is 1.58. The van der Waals surface area contributed by atoms with Crippen molar-refractivity contribution in [1.82, 2.24) is 9.29 Å². The van der Waals surface area contributed by atoms with E-state index in [-0.39, 0.29) is 11.5 Å². The van der Waals surface area contributed by atoms with Crippen LogP contribution in [0.4, 0.5) is 8.78 Å². The summed E-state index contributed by atoms with van der Waals surface area (Å²) < 4.78 is 60.7. The molecule has 1 aliphatic carbocycles. The number of hydrogen-bond donors (Lipinski definition) is 0. The van der Waals surface area contributed by atoms with Crippen molar-refractivity contribution >= 4 is 10.0 Å². The van der Waals surface area contributed by atoms with Crippen molar-refractivity contribution < 1.29 is 21.9 Å². The average Bonchev–Trinajstić information content (AvgIpc) is 3.24. The van der Waals surface area contributed by atoms with Crippen LogP contribution in [-0.2, 0) is 22.9 Å². The van der Waals surface area contributed by atoms with Crippen molar-refractivity contribution in [2.45, 2.75) is 42.5 Å². The molecular weight excluding hydrogens is 374 g/mol. The fourth-order valence-electron chi connectivity index (χ4n) is 3.76. The Labute approximate surface area is 157 Å². The van der Waals surface area contributed by atoms with Gasteiger partial charge in [-0.1, -0.05) is 6.07 Å². The number of hydrogen-bond acceptors (Lipinski definition) is 4. The smallest absolute Gasteiger partial charge is 0.263 e. The van der Waals surface area contributed by atoms with E-state index in [0.717, 1.165) is 34.7 Å². The summed E-state index contributed by atoms with van der Waals surface area (Å²) in [6, 6.07) is 7.34. The largest absolute Gasteiger partial charge is 0.490 e. The highest BCUT2D eigenvalue weighted by Gasteiger charge is 2.50. The van der Waals surface area contributed by atoms with E-state index in [1.165, 1.54) is 12.3 Å². The van der Waals surface area contributed by atoms with Crippen molar-refractivity contribution in [3.63, 3.8) is 0 Å². The highest BCUT2D eigenvalue weighted by Crippen LogP contribution is 2.37. The standard InChI is InChI=1S/C19H20F2N2O3S/c20-19(21)10-16(12-26-17-5-2-8-22-11-17)23(13-19)27(24,25)18-7-6-14-3-1-4-15(14)9-18/h2,5-9,11,16H,1,3-4,10,12-13H2/t16-/m0/s1. The van der Waals surface area contributed by atoms with E-state index >= 15 is 0 Å². The van der Waals surface area contributed by atoms with Gasteiger partial charge in [0.1, 0.15) is 12.4 Å². The second kappa shape index (κ2) is 6.83. The summed E-state index contributed by atoms with van der Waals surface area (Å²) in [7, 11) is -4.03. The molecule has 4 rings (SSSR count). The van der Waals surface area contributed by atoms with Crippen molar-refractivity contribution in [1.29, 1.82) is 0 Å². The molecule has 1 aliphatic heterocycles. The zero-order chi connectivity index (χ0) is 19.1. The first-order chi connectivity index (χ1) is 12.9. The summed E-state index contributed by atoms with van der Waals surface area (Å²) in [5.41, 5.74) is 2.13. The molecule has 0 amide bonds. The lowest BCUT2D eigenvalue weighted by molar-refractivity contribution is 0.0163. The molecule has 8 heteroatoms. The van der Waals surface area contributed by atoms with Gasteiger partial charge >= 0.3 is 0 Å². The van der Waals surface area contributed by atoms with Gasteiger partial charge in [0, 0.05) is 12.6 Å². The van der Waals surface area contributed by atoms with Gasteiger partial charge in [-0.2, -0.15) is 4.31 Å². The second-order valence-electron chi connectivity index (χ2n) is 7.05. The molecule has 5 nitrogen and oxygen atoms in total. The van der Waals surface area contributed by atoms with Crippen LogP contribution in [0.2, 0.25) is 0 Å². The molecule has 0 radical (unpaired) electrons. The Kier molecular flexibility index (Phi) is 4.63. The number of halogens is 2. The Morgan fingerprint density at radius 2 is 2.04 bits per heavy atom. The van der Waals surface area contributed by atoms with Crippen LogP contribution in [0.1, 0.15) is 24.0 Å². The van der Waals surface area contributed by atoms with Gasteiger partial charge in [-0.15, -0.1) is 0 Å². The molecule has 2 aromatic rings. The molecule has 2 aliphatic rings. The number of sulfonamides is 1. The summed E-state index contributed by atoms with van der Waals surface area (Å²) in [6.07, 6.45) is 5.22. The number of ether oxygens (including phenoxy) is 1. The van der Waals surface area contributed by atoms with Gasteiger partial charge in [-0.25, -0.2) is 17.2 Å². The maximum atomic E-state index is 14.1. The average molecular weight is 394 g/mol. The Hall–Kier alpha value is -2.06. The molecule has 1 aromatic carbocycles. The third-order valence-corrected chi connectivity index (χ3v) is 6.98. The van der Waals surface area contributed by atoms with Crippen LogP contribution < -0.4 is 4.74 Å². The van der Waals surface area contributed by atoms with Gasteiger partial charge in [0.2, 0.25) is 10.0 Å². The molecule has 0 N–H and O–H groups in total. The second-order valence-corrected chi connectivity index (χ2v) is 8.94. The lowest BCUT2D eigenvalue weighted by atomic mass is 10.1. The van der Waals surface area contributed by atoms with Crippen LogP contribution in [0, 0.1) is 0 Å². The Morgan fingerprint density at radius 3 is 2.81 bits per heavy atom. The topological polar surface area (TPSA) is 59.5 Å². The van der Waals surface area contributed by atoms with Crippen molar-refractivity contribution in [3.05, 3.63) is 53.9 Å². The van der Waals surface area contributed by atoms with Crippen LogP contribution in [0.5, 0.6) is 5.75 Å². The zero-order valence-corrected chi connectivity index (χ0v) is 15.5. The number of rotatable bonds is 5. The molecule has 1 atom stereocenters. The van der Waals surface area contributed by atoms with Gasteiger partial charge in [0.25, 0.3) is 5.92 Å². The van der Waals surface area contributed by atoms with Gasteiger partial charge in [0.05, 0.1) is 23.7 Å². The molecule has 144 valence electrons. The summed E-state index contributed by atoms with van der Waals surface area (Å²) >= 11 is 0. The number of nitrogens with zero attached hydrogens (tertiary/aromatic N) is 2. The predicted octanol–water partition coefficient (Wildman–Crippen LogP) is 3.05. The number of aryl methyl sites for hydroxylation is 2. The minimum absolute atomic E-state index is 0.0761. The van der Waals surface area contributed by atoms with E-state index in [0.29, 0.717) is 5.75 Å². The molecule has 1 fully saturated rings. The molecular formula is C19H20F2N2O3S. The molecule has 0 spiro atoms. The van der Waals surface area contributed by atoms with Gasteiger partial charge in [-0.3, -0.25) is 4.98 Å². The third-order valence-electron chi connectivity index (χ3n) is 5.08. The van der Waals surface area contributed by atoms with Gasteiger partial charge < -0.3 is 4.74 Å². The van der Waals surface area contributed by atoms with E-state index < -0.39 is 35.0 Å². The summed E-state index contributed by atoms with van der Waals surface area (Å²) in [6.45, 7) is -0.973. The minimum atomic E-state index is -4.03. The van der Waals surface area contributed by atoms with Crippen molar-refractivity contribution in [3.8, 4) is 5.75 Å². The molecule has 0 bridgehead atoms. The first kappa shape index (κ1) is 18.3. The number of benzene rings is 1. The molecule has 27 heavy (non-hydrogen) atoms. The first-order valence-electron chi connectivity index (χ1n) is 8.89. The monoisotopic (exact) mass is 394 g/mol. The number of pyridine rings is 1. The van der Waals surface area contributed by atoms with Crippen LogP contribution >= 0.6 is 0 Å². The van der Waals surface area contributed by atoms with E-state index in [2.05, 4.69) is 4.98 Å². The summed E-state index contributed by atoms with van der Waals surface area (Å²) in [4.78, 5) is 3.98. The number of alkyl halides is 2. The van der Waals surface area contributed by atoms with Gasteiger partial charge in [-0.05, 0) is 54.7 Å². The molecule has 2 heterocycles. The lowest BCUT2D eigenvalue weighted by Gasteiger charge is -2.23. The van der Waals surface area contributed by atoms with Crippen LogP contribution in [0.25, 0.3) is 0 Å². The normalized spacial score (nSPS) is 21.9. The van der Waals surface area contributed by atoms with E-state index in [9.17, 15) is 17.2 Å². The molecule has 1 aromatic heterocycles. The van der Waals surface area contributed by atoms with Crippen molar-refractivity contribution in [2.75, 3.05) is 13.2 Å². The number of aromatic nitrogens is 1. The lowest BCUT2D eigenvalue weighted by Crippen LogP contribution is -2.39. The fourth-order valence-corrected chi connectivity index (χ4v) is 5.45. The maximum Gasteiger partial charge on any atom is 0.263 e. The molecule has 1 saturated heterocycles. The first-order valence-corrected chi connectivity index (χ1v) is 10.3. The zero-order valence-electron chi connectivity index (χ0n) is 14.6. The Morgan fingerprint density at radius 1 is 1.22 bits per heavy atom. The van der Waals surface area contributed by atoms with E-state index in [1.807, 2.05) is 0 Å². The SMILES string of the molecule is O=S(=O)(c1ccc2c(c1)CCC2)N1CC(F)(F)C[C@H]1COc1cccnc1. The summed E-state index contributed by atoms with van der Waals surface area (Å²) in [5, 5.41) is 0. The maximum absolute atomic E-state index is 14.1. The highest BCUT2D eigenvalue weighted by molar-refractivity contribution is 7.89. The predicted molar refractivity (Wildman–Crippen MR) is 95.4 cm³/mol. The molecule has 0 saturated carbocycles. The van der Waals surface area contributed by atoms with E-state index in [1.54, 1.807) is 30.5 Å². The van der Waals surface area contributed by atoms with Crippen LogP contribution in [-0.4, -0.2) is 42.8 Å². The van der Waals surface area contributed by atoms with Crippen molar-refractivity contribution in [2.24, 2.45) is 0 Å². The minimum Gasteiger partial charge on any atom is -0.490 e. The van der Waals surface area contributed by atoms with E-state index in [4.69, 9.17) is 4.74 Å². The van der Waals surface area contributed by atoms with Gasteiger partial charge in [0.15, 0.2) is 0 Å². The Bertz CT molecular complexity index is 935. The third kappa shape index (κ3) is 3.68. The fraction of sp³-hybridized carbons (Fsp3) is 0.421. The number of fused-ring (bicyclic) bond motifs is 1. The molecule has 0 unspecified atom stereocenters. The highest BCUT2D eigenvalue weighted by atomic mass is 32.2. The summed E-state index contributed by atoms with van der Waals surface area (Å²) in [5.74, 6) is -2.66.